The van der Waals surface area contributed by atoms with Crippen LogP contribution in [-0.4, -0.2) is 17.6 Å². The van der Waals surface area contributed by atoms with Crippen LogP contribution in [0.4, 0.5) is 0 Å². The van der Waals surface area contributed by atoms with Crippen molar-refractivity contribution < 1.29 is 14.6 Å². The standard InChI is InChI=1S/C14H11NO3/c16-14(17)10-3-4-13-11(7-10)6-9-2-1-5-15-12(9)8-18-13/h1-4,6-8,15H,5H2,(H,16,17). The van der Waals surface area contributed by atoms with E-state index in [4.69, 9.17) is 9.84 Å². The Balaban J connectivity index is 2.12. The lowest BCUT2D eigenvalue weighted by Crippen LogP contribution is -2.18. The van der Waals surface area contributed by atoms with Gasteiger partial charge in [0.05, 0.1) is 11.3 Å². The second-order valence-corrected chi connectivity index (χ2v) is 4.09. The van der Waals surface area contributed by atoms with Crippen molar-refractivity contribution in [3.8, 4) is 5.75 Å². The fourth-order valence-corrected chi connectivity index (χ4v) is 1.97. The Morgan fingerprint density at radius 3 is 3.11 bits per heavy atom. The Bertz CT molecular complexity index is 611. The number of nitrogens with one attached hydrogen (secondary N) is 1. The van der Waals surface area contributed by atoms with Crippen LogP contribution < -0.4 is 10.1 Å². The van der Waals surface area contributed by atoms with Crippen molar-refractivity contribution in [3.05, 3.63) is 59.0 Å². The quantitative estimate of drug-likeness (QED) is 0.791. The highest BCUT2D eigenvalue weighted by molar-refractivity contribution is 5.89. The second-order valence-electron chi connectivity index (χ2n) is 4.09. The maximum absolute atomic E-state index is 11.0. The number of aromatic carboxylic acids is 1. The number of fused-ring (bicyclic) bond motifs is 2. The zero-order valence-corrected chi connectivity index (χ0v) is 9.51. The lowest BCUT2D eigenvalue weighted by Gasteiger charge is -2.12. The van der Waals surface area contributed by atoms with Crippen LogP contribution in [0.3, 0.4) is 0 Å². The molecule has 0 radical (unpaired) electrons. The lowest BCUT2D eigenvalue weighted by molar-refractivity contribution is 0.0697. The van der Waals surface area contributed by atoms with Crippen LogP contribution in [0.15, 0.2) is 47.9 Å². The van der Waals surface area contributed by atoms with Crippen LogP contribution in [-0.2, 0) is 0 Å². The van der Waals surface area contributed by atoms with Crippen molar-refractivity contribution in [3.63, 3.8) is 0 Å². The summed E-state index contributed by atoms with van der Waals surface area (Å²) in [5.74, 6) is -0.282. The van der Waals surface area contributed by atoms with Crippen LogP contribution in [0.1, 0.15) is 15.9 Å². The summed E-state index contributed by atoms with van der Waals surface area (Å²) in [5.41, 5.74) is 2.92. The first kappa shape index (κ1) is 10.7. The monoisotopic (exact) mass is 241 g/mol. The molecule has 3 rings (SSSR count). The number of hydrogen-bond donors (Lipinski definition) is 2. The van der Waals surface area contributed by atoms with Crippen molar-refractivity contribution >= 4 is 12.0 Å². The third kappa shape index (κ3) is 1.78. The Labute approximate surface area is 104 Å². The first-order chi connectivity index (χ1) is 8.74. The van der Waals surface area contributed by atoms with Gasteiger partial charge >= 0.3 is 5.97 Å². The molecule has 2 aliphatic heterocycles. The van der Waals surface area contributed by atoms with E-state index < -0.39 is 5.97 Å². The predicted octanol–water partition coefficient (Wildman–Crippen LogP) is 2.16. The molecule has 0 fully saturated rings. The van der Waals surface area contributed by atoms with Gasteiger partial charge in [0.15, 0.2) is 0 Å². The maximum atomic E-state index is 11.0. The maximum Gasteiger partial charge on any atom is 0.335 e. The molecule has 18 heavy (non-hydrogen) atoms. The van der Waals surface area contributed by atoms with E-state index >= 15 is 0 Å². The highest BCUT2D eigenvalue weighted by Gasteiger charge is 2.14. The Kier molecular flexibility index (Phi) is 2.41. The number of rotatable bonds is 1. The smallest absolute Gasteiger partial charge is 0.335 e. The molecule has 0 bridgehead atoms. The Morgan fingerprint density at radius 2 is 2.28 bits per heavy atom. The minimum atomic E-state index is -0.939. The minimum Gasteiger partial charge on any atom is -0.478 e. The predicted molar refractivity (Wildman–Crippen MR) is 67.2 cm³/mol. The van der Waals surface area contributed by atoms with Gasteiger partial charge in [-0.2, -0.15) is 0 Å². The molecule has 4 nitrogen and oxygen atoms in total. The molecule has 0 spiro atoms. The first-order valence-electron chi connectivity index (χ1n) is 5.61. The van der Waals surface area contributed by atoms with Crippen LogP contribution in [0, 0.1) is 0 Å². The summed E-state index contributed by atoms with van der Waals surface area (Å²) < 4.78 is 5.55. The van der Waals surface area contributed by atoms with Gasteiger partial charge in [0.1, 0.15) is 12.0 Å². The molecular formula is C14H11NO3. The zero-order chi connectivity index (χ0) is 12.5. The van der Waals surface area contributed by atoms with Gasteiger partial charge in [-0.25, -0.2) is 4.79 Å². The third-order valence-electron chi connectivity index (χ3n) is 2.89. The second kappa shape index (κ2) is 4.07. The van der Waals surface area contributed by atoms with Crippen LogP contribution in [0.2, 0.25) is 0 Å². The average molecular weight is 241 g/mol. The van der Waals surface area contributed by atoms with E-state index in [-0.39, 0.29) is 5.56 Å². The average Bonchev–Trinajstić information content (AvgIpc) is 2.56. The van der Waals surface area contributed by atoms with Crippen molar-refractivity contribution in [2.24, 2.45) is 0 Å². The van der Waals surface area contributed by atoms with Crippen molar-refractivity contribution in [1.82, 2.24) is 5.32 Å². The summed E-state index contributed by atoms with van der Waals surface area (Å²) in [4.78, 5) is 11.0. The molecule has 2 heterocycles. The molecule has 2 N–H and O–H groups in total. The van der Waals surface area contributed by atoms with Gasteiger partial charge < -0.3 is 15.2 Å². The molecule has 0 amide bonds. The zero-order valence-electron chi connectivity index (χ0n) is 9.51. The summed E-state index contributed by atoms with van der Waals surface area (Å²) >= 11 is 0. The van der Waals surface area contributed by atoms with Gasteiger partial charge in [-0.05, 0) is 24.3 Å². The number of allylic oxidation sites excluding steroid dienone is 1. The van der Waals surface area contributed by atoms with Crippen LogP contribution >= 0.6 is 0 Å². The van der Waals surface area contributed by atoms with Crippen LogP contribution in [0.25, 0.3) is 6.08 Å². The molecule has 0 aromatic heterocycles. The van der Waals surface area contributed by atoms with Gasteiger partial charge in [-0.3, -0.25) is 0 Å². The fourth-order valence-electron chi connectivity index (χ4n) is 1.97. The number of ether oxygens (including phenoxy) is 1. The summed E-state index contributed by atoms with van der Waals surface area (Å²) in [6.45, 7) is 0.767. The van der Waals surface area contributed by atoms with Crippen LogP contribution in [0.5, 0.6) is 5.75 Å². The molecule has 1 aromatic carbocycles. The Hall–Kier alpha value is -2.49. The van der Waals surface area contributed by atoms with E-state index in [9.17, 15) is 4.79 Å². The summed E-state index contributed by atoms with van der Waals surface area (Å²) in [6, 6.07) is 4.83. The van der Waals surface area contributed by atoms with Crippen molar-refractivity contribution in [2.45, 2.75) is 0 Å². The number of carbonyl (C=O) groups is 1. The molecule has 0 saturated heterocycles. The number of carboxylic acid groups (broad SMARTS) is 1. The lowest BCUT2D eigenvalue weighted by atomic mass is 10.0. The molecule has 4 heteroatoms. The molecule has 0 unspecified atom stereocenters. The number of hydrogen-bond acceptors (Lipinski definition) is 3. The number of benzene rings is 1. The van der Waals surface area contributed by atoms with Crippen molar-refractivity contribution in [2.75, 3.05) is 6.54 Å². The van der Waals surface area contributed by atoms with E-state index in [1.54, 1.807) is 18.4 Å². The van der Waals surface area contributed by atoms with Gasteiger partial charge in [-0.1, -0.05) is 12.2 Å². The fraction of sp³-hybridized carbons (Fsp3) is 0.0714. The van der Waals surface area contributed by atoms with Crippen molar-refractivity contribution in [1.29, 1.82) is 0 Å². The highest BCUT2D eigenvalue weighted by atomic mass is 16.5. The minimum absolute atomic E-state index is 0.255. The van der Waals surface area contributed by atoms with E-state index in [1.807, 2.05) is 18.2 Å². The van der Waals surface area contributed by atoms with E-state index in [0.717, 1.165) is 23.4 Å². The molecule has 0 aliphatic carbocycles. The van der Waals surface area contributed by atoms with E-state index in [0.29, 0.717) is 5.75 Å². The highest BCUT2D eigenvalue weighted by Crippen LogP contribution is 2.29. The van der Waals surface area contributed by atoms with E-state index in [2.05, 4.69) is 5.32 Å². The Morgan fingerprint density at radius 1 is 1.39 bits per heavy atom. The van der Waals surface area contributed by atoms with Gasteiger partial charge in [0.25, 0.3) is 0 Å². The van der Waals surface area contributed by atoms with Gasteiger partial charge in [0.2, 0.25) is 0 Å². The summed E-state index contributed by atoms with van der Waals surface area (Å²) in [7, 11) is 0. The SMILES string of the molecule is O=C(O)c1ccc2c(c1)C=C1C=CCNC1=CO2. The topological polar surface area (TPSA) is 58.6 Å². The van der Waals surface area contributed by atoms with Gasteiger partial charge in [-0.15, -0.1) is 0 Å². The molecule has 0 saturated carbocycles. The van der Waals surface area contributed by atoms with E-state index in [1.165, 1.54) is 6.07 Å². The molecule has 2 aliphatic rings. The molecule has 90 valence electrons. The van der Waals surface area contributed by atoms with Gasteiger partial charge in [0, 0.05) is 17.7 Å². The molecular weight excluding hydrogens is 230 g/mol. The largest absolute Gasteiger partial charge is 0.478 e. The first-order valence-corrected chi connectivity index (χ1v) is 5.61. The number of carboxylic acids is 1. The summed E-state index contributed by atoms with van der Waals surface area (Å²) in [6.07, 6.45) is 7.58. The third-order valence-corrected chi connectivity index (χ3v) is 2.89. The summed E-state index contributed by atoms with van der Waals surface area (Å²) in [5, 5.41) is 12.2. The molecule has 0 atom stereocenters. The molecule has 1 aromatic rings. The normalized spacial score (nSPS) is 16.2.